The molecule has 0 amide bonds. The first-order valence-corrected chi connectivity index (χ1v) is 4.04. The number of para-hydroxylation sites is 1. The van der Waals surface area contributed by atoms with E-state index in [1.807, 2.05) is 24.3 Å². The molecule has 0 spiro atoms. The van der Waals surface area contributed by atoms with Gasteiger partial charge in [-0.1, -0.05) is 24.8 Å². The van der Waals surface area contributed by atoms with Gasteiger partial charge < -0.3 is 9.53 Å². The maximum absolute atomic E-state index is 10.3. The Morgan fingerprint density at radius 3 is 2.85 bits per heavy atom. The average molecular weight is 176 g/mol. The van der Waals surface area contributed by atoms with Crippen LogP contribution in [0.25, 0.3) is 5.57 Å². The number of hydrogen-bond acceptors (Lipinski definition) is 2. The minimum Gasteiger partial charge on any atom is -0.496 e. The van der Waals surface area contributed by atoms with Crippen molar-refractivity contribution < 1.29 is 9.53 Å². The molecule has 0 aliphatic heterocycles. The van der Waals surface area contributed by atoms with Crippen LogP contribution in [0.1, 0.15) is 12.0 Å². The van der Waals surface area contributed by atoms with E-state index in [-0.39, 0.29) is 0 Å². The average Bonchev–Trinajstić information content (AvgIpc) is 2.18. The summed E-state index contributed by atoms with van der Waals surface area (Å²) in [5.41, 5.74) is 1.68. The number of rotatable bonds is 4. The van der Waals surface area contributed by atoms with Crippen LogP contribution in [0.15, 0.2) is 30.8 Å². The molecule has 0 N–H and O–H groups in total. The van der Waals surface area contributed by atoms with Crippen molar-refractivity contribution in [2.24, 2.45) is 0 Å². The standard InChI is InChI=1S/C11H12O2/c1-9(7-8-12)10-5-3-4-6-11(10)13-2/h3-6,8H,1,7H2,2H3. The molecule has 0 unspecified atom stereocenters. The Morgan fingerprint density at radius 2 is 2.23 bits per heavy atom. The molecule has 0 saturated carbocycles. The van der Waals surface area contributed by atoms with Crippen LogP contribution in [-0.2, 0) is 4.79 Å². The number of hydrogen-bond donors (Lipinski definition) is 0. The summed E-state index contributed by atoms with van der Waals surface area (Å²) in [6.07, 6.45) is 1.19. The molecule has 0 aliphatic carbocycles. The van der Waals surface area contributed by atoms with Crippen molar-refractivity contribution in [2.75, 3.05) is 7.11 Å². The molecule has 2 nitrogen and oxygen atoms in total. The van der Waals surface area contributed by atoms with E-state index in [4.69, 9.17) is 4.74 Å². The fourth-order valence-electron chi connectivity index (χ4n) is 1.15. The van der Waals surface area contributed by atoms with Crippen molar-refractivity contribution in [3.8, 4) is 5.75 Å². The lowest BCUT2D eigenvalue weighted by molar-refractivity contribution is -0.107. The quantitative estimate of drug-likeness (QED) is 0.658. The second-order valence-electron chi connectivity index (χ2n) is 2.67. The van der Waals surface area contributed by atoms with E-state index in [2.05, 4.69) is 6.58 Å². The smallest absolute Gasteiger partial charge is 0.126 e. The lowest BCUT2D eigenvalue weighted by atomic mass is 10.0. The van der Waals surface area contributed by atoms with Gasteiger partial charge in [0.25, 0.3) is 0 Å². The van der Waals surface area contributed by atoms with E-state index in [1.54, 1.807) is 7.11 Å². The lowest BCUT2D eigenvalue weighted by Gasteiger charge is -2.07. The Labute approximate surface area is 77.8 Å². The molecule has 0 bridgehead atoms. The second kappa shape index (κ2) is 4.45. The molecule has 1 rings (SSSR count). The normalized spacial score (nSPS) is 9.31. The van der Waals surface area contributed by atoms with Gasteiger partial charge in [-0.3, -0.25) is 0 Å². The van der Waals surface area contributed by atoms with Crippen LogP contribution in [0.3, 0.4) is 0 Å². The van der Waals surface area contributed by atoms with Crippen molar-refractivity contribution in [2.45, 2.75) is 6.42 Å². The molecule has 0 aromatic heterocycles. The van der Waals surface area contributed by atoms with Crippen molar-refractivity contribution in [3.05, 3.63) is 36.4 Å². The zero-order valence-electron chi connectivity index (χ0n) is 7.62. The molecular weight excluding hydrogens is 164 g/mol. The third kappa shape index (κ3) is 2.18. The molecule has 0 radical (unpaired) electrons. The van der Waals surface area contributed by atoms with E-state index in [0.717, 1.165) is 23.2 Å². The molecule has 1 aromatic carbocycles. The Kier molecular flexibility index (Phi) is 3.26. The maximum Gasteiger partial charge on any atom is 0.126 e. The Hall–Kier alpha value is -1.57. The molecule has 2 heteroatoms. The van der Waals surface area contributed by atoms with E-state index in [0.29, 0.717) is 6.42 Å². The van der Waals surface area contributed by atoms with E-state index in [1.165, 1.54) is 0 Å². The molecule has 68 valence electrons. The molecule has 0 saturated heterocycles. The summed E-state index contributed by atoms with van der Waals surface area (Å²) in [4.78, 5) is 10.3. The molecule has 1 aromatic rings. The number of carbonyl (C=O) groups excluding carboxylic acids is 1. The zero-order chi connectivity index (χ0) is 9.68. The van der Waals surface area contributed by atoms with Crippen LogP contribution in [0, 0.1) is 0 Å². The van der Waals surface area contributed by atoms with Gasteiger partial charge in [-0.15, -0.1) is 0 Å². The highest BCUT2D eigenvalue weighted by molar-refractivity contribution is 5.78. The fraction of sp³-hybridized carbons (Fsp3) is 0.182. The first-order valence-electron chi connectivity index (χ1n) is 4.04. The predicted molar refractivity (Wildman–Crippen MR) is 52.7 cm³/mol. The largest absolute Gasteiger partial charge is 0.496 e. The molecule has 0 aliphatic rings. The Morgan fingerprint density at radius 1 is 1.54 bits per heavy atom. The summed E-state index contributed by atoms with van der Waals surface area (Å²) in [5, 5.41) is 0. The van der Waals surface area contributed by atoms with Crippen LogP contribution < -0.4 is 4.74 Å². The van der Waals surface area contributed by atoms with Gasteiger partial charge in [-0.05, 0) is 11.6 Å². The third-order valence-corrected chi connectivity index (χ3v) is 1.82. The van der Waals surface area contributed by atoms with Gasteiger partial charge in [0.05, 0.1) is 7.11 Å². The summed E-state index contributed by atoms with van der Waals surface area (Å²) in [7, 11) is 1.60. The molecule has 0 fully saturated rings. The highest BCUT2D eigenvalue weighted by Gasteiger charge is 2.04. The van der Waals surface area contributed by atoms with Gasteiger partial charge in [0, 0.05) is 12.0 Å². The van der Waals surface area contributed by atoms with Gasteiger partial charge in [-0.2, -0.15) is 0 Å². The van der Waals surface area contributed by atoms with Crippen LogP contribution in [-0.4, -0.2) is 13.4 Å². The number of carbonyl (C=O) groups is 1. The van der Waals surface area contributed by atoms with Crippen molar-refractivity contribution in [1.82, 2.24) is 0 Å². The molecular formula is C11H12O2. The van der Waals surface area contributed by atoms with Crippen LogP contribution >= 0.6 is 0 Å². The number of ether oxygens (including phenoxy) is 1. The topological polar surface area (TPSA) is 26.3 Å². The summed E-state index contributed by atoms with van der Waals surface area (Å²) in [5.74, 6) is 0.759. The van der Waals surface area contributed by atoms with Crippen LogP contribution in [0.2, 0.25) is 0 Å². The third-order valence-electron chi connectivity index (χ3n) is 1.82. The van der Waals surface area contributed by atoms with Gasteiger partial charge in [0.15, 0.2) is 0 Å². The summed E-state index contributed by atoms with van der Waals surface area (Å²) >= 11 is 0. The van der Waals surface area contributed by atoms with Gasteiger partial charge in [0.2, 0.25) is 0 Å². The summed E-state index contributed by atoms with van der Waals surface area (Å²) in [6.45, 7) is 3.81. The van der Waals surface area contributed by atoms with E-state index in [9.17, 15) is 4.79 Å². The zero-order valence-corrected chi connectivity index (χ0v) is 7.62. The van der Waals surface area contributed by atoms with Gasteiger partial charge in [0.1, 0.15) is 12.0 Å². The number of methoxy groups -OCH3 is 1. The van der Waals surface area contributed by atoms with Gasteiger partial charge >= 0.3 is 0 Å². The number of benzene rings is 1. The SMILES string of the molecule is C=C(CC=O)c1ccccc1OC. The first-order chi connectivity index (χ1) is 6.29. The summed E-state index contributed by atoms with van der Waals surface area (Å²) < 4.78 is 5.14. The Bertz CT molecular complexity index is 316. The first kappa shape index (κ1) is 9.52. The van der Waals surface area contributed by atoms with E-state index >= 15 is 0 Å². The molecule has 0 atom stereocenters. The number of aldehydes is 1. The minimum atomic E-state index is 0.348. The van der Waals surface area contributed by atoms with Gasteiger partial charge in [-0.25, -0.2) is 0 Å². The lowest BCUT2D eigenvalue weighted by Crippen LogP contribution is -1.90. The second-order valence-corrected chi connectivity index (χ2v) is 2.67. The predicted octanol–water partition coefficient (Wildman–Crippen LogP) is 2.30. The highest BCUT2D eigenvalue weighted by Crippen LogP contribution is 2.25. The summed E-state index contributed by atoms with van der Waals surface area (Å²) in [6, 6.07) is 7.53. The maximum atomic E-state index is 10.3. The van der Waals surface area contributed by atoms with Crippen LogP contribution in [0.4, 0.5) is 0 Å². The fourth-order valence-corrected chi connectivity index (χ4v) is 1.15. The number of allylic oxidation sites excluding steroid dienone is 1. The molecule has 0 heterocycles. The monoisotopic (exact) mass is 176 g/mol. The highest BCUT2D eigenvalue weighted by atomic mass is 16.5. The van der Waals surface area contributed by atoms with Crippen molar-refractivity contribution in [3.63, 3.8) is 0 Å². The van der Waals surface area contributed by atoms with Crippen LogP contribution in [0.5, 0.6) is 5.75 Å². The Balaban J connectivity index is 2.98. The minimum absolute atomic E-state index is 0.348. The van der Waals surface area contributed by atoms with Crippen molar-refractivity contribution in [1.29, 1.82) is 0 Å². The van der Waals surface area contributed by atoms with Crippen molar-refractivity contribution >= 4 is 11.9 Å². The molecule has 13 heavy (non-hydrogen) atoms. The van der Waals surface area contributed by atoms with E-state index < -0.39 is 0 Å².